The second-order valence-electron chi connectivity index (χ2n) is 7.64. The second kappa shape index (κ2) is 6.63. The molecule has 2 fully saturated rings. The summed E-state index contributed by atoms with van der Waals surface area (Å²) in [5.74, 6) is -2.19. The van der Waals surface area contributed by atoms with Crippen molar-refractivity contribution in [2.24, 2.45) is 17.3 Å². The molecular weight excluding hydrogens is 334 g/mol. The van der Waals surface area contributed by atoms with E-state index in [4.69, 9.17) is 0 Å². The Bertz CT molecular complexity index is 721. The van der Waals surface area contributed by atoms with Crippen molar-refractivity contribution in [3.63, 3.8) is 0 Å². The Morgan fingerprint density at radius 3 is 2.08 bits per heavy atom. The summed E-state index contributed by atoms with van der Waals surface area (Å²) in [6.07, 6.45) is 0. The van der Waals surface area contributed by atoms with Crippen LogP contribution in [-0.4, -0.2) is 54.0 Å². The lowest BCUT2D eigenvalue weighted by molar-refractivity contribution is -0.140. The zero-order chi connectivity index (χ0) is 19.1. The molecule has 1 saturated heterocycles. The Hall–Kier alpha value is -2.57. The van der Waals surface area contributed by atoms with Crippen molar-refractivity contribution in [3.05, 3.63) is 24.3 Å². The number of rotatable bonds is 4. The van der Waals surface area contributed by atoms with E-state index < -0.39 is 23.2 Å². The highest BCUT2D eigenvalue weighted by Gasteiger charge is 2.65. The number of carboxylic acid groups (broad SMARTS) is 1. The molecule has 7 nitrogen and oxygen atoms in total. The summed E-state index contributed by atoms with van der Waals surface area (Å²) in [5, 5.41) is 12.0. The maximum Gasteiger partial charge on any atom is 0.307 e. The summed E-state index contributed by atoms with van der Waals surface area (Å²) in [6, 6.07) is 7.53. The van der Waals surface area contributed by atoms with E-state index in [-0.39, 0.29) is 11.8 Å². The maximum absolute atomic E-state index is 12.4. The van der Waals surface area contributed by atoms with Crippen LogP contribution in [0.3, 0.4) is 0 Å². The molecule has 1 aliphatic carbocycles. The van der Waals surface area contributed by atoms with E-state index in [1.165, 1.54) is 0 Å². The highest BCUT2D eigenvalue weighted by molar-refractivity contribution is 5.99. The quantitative estimate of drug-likeness (QED) is 0.853. The molecule has 2 N–H and O–H groups in total. The molecule has 1 aliphatic heterocycles. The van der Waals surface area contributed by atoms with Gasteiger partial charge in [-0.15, -0.1) is 0 Å². The average molecular weight is 359 g/mol. The van der Waals surface area contributed by atoms with Gasteiger partial charge in [-0.05, 0) is 29.7 Å². The molecule has 0 spiro atoms. The van der Waals surface area contributed by atoms with Crippen LogP contribution in [0.15, 0.2) is 24.3 Å². The molecule has 2 atom stereocenters. The molecule has 0 unspecified atom stereocenters. The van der Waals surface area contributed by atoms with E-state index in [1.807, 2.05) is 29.2 Å². The molecule has 2 amide bonds. The molecule has 140 valence electrons. The predicted molar refractivity (Wildman–Crippen MR) is 97.9 cm³/mol. The van der Waals surface area contributed by atoms with Gasteiger partial charge in [-0.1, -0.05) is 13.8 Å². The number of carbonyl (C=O) groups is 3. The summed E-state index contributed by atoms with van der Waals surface area (Å²) in [6.45, 7) is 8.18. The normalized spacial score (nSPS) is 24.1. The lowest BCUT2D eigenvalue weighted by Gasteiger charge is -2.35. The van der Waals surface area contributed by atoms with Crippen molar-refractivity contribution in [1.82, 2.24) is 4.90 Å². The number of amides is 2. The third-order valence-corrected chi connectivity index (χ3v) is 5.60. The number of piperazine rings is 1. The number of nitrogens with one attached hydrogen (secondary N) is 1. The van der Waals surface area contributed by atoms with Gasteiger partial charge < -0.3 is 20.2 Å². The first-order chi connectivity index (χ1) is 12.2. The van der Waals surface area contributed by atoms with Gasteiger partial charge in [0.15, 0.2) is 0 Å². The fourth-order valence-corrected chi connectivity index (χ4v) is 3.84. The fraction of sp³-hybridized carbons (Fsp3) is 0.526. The van der Waals surface area contributed by atoms with E-state index >= 15 is 0 Å². The van der Waals surface area contributed by atoms with E-state index in [2.05, 4.69) is 10.2 Å². The minimum atomic E-state index is -0.921. The minimum Gasteiger partial charge on any atom is -0.481 e. The van der Waals surface area contributed by atoms with E-state index in [9.17, 15) is 19.5 Å². The molecule has 0 radical (unpaired) electrons. The molecular formula is C19H25N3O4. The Kier molecular flexibility index (Phi) is 4.64. The average Bonchev–Trinajstić information content (AvgIpc) is 3.18. The van der Waals surface area contributed by atoms with Crippen molar-refractivity contribution < 1.29 is 19.5 Å². The Balaban J connectivity index is 1.58. The maximum atomic E-state index is 12.4. The standard InChI is InChI=1S/C19H25N3O4/c1-12(23)21-8-10-22(11-9-21)14-6-4-13(5-7-14)20-17(24)15-16(18(25)26)19(15,2)3/h4-7,15-16H,8-11H2,1-3H3,(H,20,24)(H,25,26)/t15-,16+/m1/s1. The van der Waals surface area contributed by atoms with Crippen LogP contribution in [0.5, 0.6) is 0 Å². The van der Waals surface area contributed by atoms with Gasteiger partial charge in [0.25, 0.3) is 0 Å². The van der Waals surface area contributed by atoms with Crippen LogP contribution in [0.1, 0.15) is 20.8 Å². The fourth-order valence-electron chi connectivity index (χ4n) is 3.84. The van der Waals surface area contributed by atoms with Crippen LogP contribution in [0, 0.1) is 17.3 Å². The van der Waals surface area contributed by atoms with Gasteiger partial charge in [0.2, 0.25) is 11.8 Å². The van der Waals surface area contributed by atoms with Crippen LogP contribution < -0.4 is 10.2 Å². The van der Waals surface area contributed by atoms with Gasteiger partial charge in [-0.25, -0.2) is 0 Å². The van der Waals surface area contributed by atoms with Gasteiger partial charge in [-0.2, -0.15) is 0 Å². The molecule has 1 heterocycles. The number of aliphatic carboxylic acids is 1. The third-order valence-electron chi connectivity index (χ3n) is 5.60. The number of hydrogen-bond acceptors (Lipinski definition) is 4. The van der Waals surface area contributed by atoms with Crippen molar-refractivity contribution in [2.45, 2.75) is 20.8 Å². The number of nitrogens with zero attached hydrogens (tertiary/aromatic N) is 2. The van der Waals surface area contributed by atoms with Gasteiger partial charge >= 0.3 is 5.97 Å². The van der Waals surface area contributed by atoms with E-state index in [0.717, 1.165) is 18.8 Å². The van der Waals surface area contributed by atoms with Gasteiger partial charge in [0.05, 0.1) is 11.8 Å². The van der Waals surface area contributed by atoms with Gasteiger partial charge in [-0.3, -0.25) is 14.4 Å². The minimum absolute atomic E-state index is 0.102. The topological polar surface area (TPSA) is 90.0 Å². The third kappa shape index (κ3) is 3.38. The molecule has 26 heavy (non-hydrogen) atoms. The first kappa shape index (κ1) is 18.2. The first-order valence-corrected chi connectivity index (χ1v) is 8.86. The zero-order valence-electron chi connectivity index (χ0n) is 15.4. The molecule has 2 aliphatic rings. The van der Waals surface area contributed by atoms with Crippen LogP contribution in [-0.2, 0) is 14.4 Å². The van der Waals surface area contributed by atoms with Crippen molar-refractivity contribution in [1.29, 1.82) is 0 Å². The Labute approximate surface area is 153 Å². The summed E-state index contributed by atoms with van der Waals surface area (Å²) in [5.41, 5.74) is 1.20. The first-order valence-electron chi connectivity index (χ1n) is 8.86. The van der Waals surface area contributed by atoms with E-state index in [1.54, 1.807) is 20.8 Å². The number of benzene rings is 1. The molecule has 3 rings (SSSR count). The summed E-state index contributed by atoms with van der Waals surface area (Å²) in [4.78, 5) is 39.0. The summed E-state index contributed by atoms with van der Waals surface area (Å²) < 4.78 is 0. The Morgan fingerprint density at radius 2 is 1.62 bits per heavy atom. The summed E-state index contributed by atoms with van der Waals surface area (Å²) in [7, 11) is 0. The van der Waals surface area contributed by atoms with Crippen LogP contribution >= 0.6 is 0 Å². The summed E-state index contributed by atoms with van der Waals surface area (Å²) >= 11 is 0. The number of carboxylic acids is 1. The molecule has 1 aromatic carbocycles. The highest BCUT2D eigenvalue weighted by atomic mass is 16.4. The zero-order valence-corrected chi connectivity index (χ0v) is 15.4. The van der Waals surface area contributed by atoms with Crippen molar-refractivity contribution in [2.75, 3.05) is 36.4 Å². The SMILES string of the molecule is CC(=O)N1CCN(c2ccc(NC(=O)[C@H]3[C@@H](C(=O)O)C3(C)C)cc2)CC1. The van der Waals surface area contributed by atoms with Crippen LogP contribution in [0.4, 0.5) is 11.4 Å². The molecule has 0 aromatic heterocycles. The van der Waals surface area contributed by atoms with Gasteiger partial charge in [0.1, 0.15) is 0 Å². The Morgan fingerprint density at radius 1 is 1.04 bits per heavy atom. The van der Waals surface area contributed by atoms with Crippen LogP contribution in [0.25, 0.3) is 0 Å². The van der Waals surface area contributed by atoms with Crippen molar-refractivity contribution in [3.8, 4) is 0 Å². The van der Waals surface area contributed by atoms with Crippen LogP contribution in [0.2, 0.25) is 0 Å². The smallest absolute Gasteiger partial charge is 0.307 e. The monoisotopic (exact) mass is 359 g/mol. The highest BCUT2D eigenvalue weighted by Crippen LogP contribution is 2.58. The van der Waals surface area contributed by atoms with E-state index in [0.29, 0.717) is 18.8 Å². The number of anilines is 2. The molecule has 0 bridgehead atoms. The largest absolute Gasteiger partial charge is 0.481 e. The number of hydrogen-bond donors (Lipinski definition) is 2. The molecule has 1 aromatic rings. The lowest BCUT2D eigenvalue weighted by atomic mass is 10.1. The second-order valence-corrected chi connectivity index (χ2v) is 7.64. The molecule has 7 heteroatoms. The van der Waals surface area contributed by atoms with Crippen molar-refractivity contribution >= 4 is 29.2 Å². The predicted octanol–water partition coefficient (Wildman–Crippen LogP) is 1.65. The molecule has 1 saturated carbocycles. The lowest BCUT2D eigenvalue weighted by Crippen LogP contribution is -2.48. The number of carbonyl (C=O) groups excluding carboxylic acids is 2. The van der Waals surface area contributed by atoms with Gasteiger partial charge in [0, 0.05) is 44.5 Å².